The van der Waals surface area contributed by atoms with E-state index in [4.69, 9.17) is 10.2 Å². The summed E-state index contributed by atoms with van der Waals surface area (Å²) in [4.78, 5) is 51.9. The molecule has 128 valence electrons. The average molecular weight is 328 g/mol. The van der Waals surface area contributed by atoms with Crippen molar-refractivity contribution in [2.75, 3.05) is 46.2 Å². The molecule has 0 aliphatic carbocycles. The Labute approximate surface area is 132 Å². The summed E-state index contributed by atoms with van der Waals surface area (Å²) in [5, 5.41) is 17.9. The van der Waals surface area contributed by atoms with Crippen molar-refractivity contribution in [3.05, 3.63) is 0 Å². The lowest BCUT2D eigenvalue weighted by Crippen LogP contribution is -2.60. The number of carbonyl (C=O) groups is 4. The van der Waals surface area contributed by atoms with Crippen molar-refractivity contribution in [3.63, 3.8) is 0 Å². The Morgan fingerprint density at radius 2 is 1.22 bits per heavy atom. The van der Waals surface area contributed by atoms with Gasteiger partial charge in [-0.1, -0.05) is 0 Å². The Kier molecular flexibility index (Phi) is 5.42. The lowest BCUT2D eigenvalue weighted by atomic mass is 10.2. The van der Waals surface area contributed by atoms with Crippen LogP contribution in [-0.4, -0.2) is 106 Å². The molecule has 10 heteroatoms. The van der Waals surface area contributed by atoms with Crippen LogP contribution in [0.1, 0.15) is 6.92 Å². The maximum Gasteiger partial charge on any atom is 0.245 e. The molecule has 2 saturated heterocycles. The molecule has 0 aromatic carbocycles. The zero-order chi connectivity index (χ0) is 17.1. The molecule has 0 aromatic rings. The van der Waals surface area contributed by atoms with Crippen molar-refractivity contribution >= 4 is 23.6 Å². The van der Waals surface area contributed by atoms with Crippen molar-refractivity contribution in [1.29, 1.82) is 0 Å². The Bertz CT molecular complexity index is 489. The highest BCUT2D eigenvalue weighted by atomic mass is 16.3. The third kappa shape index (κ3) is 3.72. The van der Waals surface area contributed by atoms with E-state index in [1.54, 1.807) is 16.7 Å². The second-order valence-electron chi connectivity index (χ2n) is 5.64. The topological polar surface area (TPSA) is 122 Å². The molecule has 2 aliphatic rings. The van der Waals surface area contributed by atoms with E-state index < -0.39 is 37.1 Å². The molecule has 0 bridgehead atoms. The molecular formula is C13H20N4O6. The number of amides is 4. The molecule has 0 aromatic heterocycles. The van der Waals surface area contributed by atoms with Crippen molar-refractivity contribution in [3.8, 4) is 0 Å². The highest BCUT2D eigenvalue weighted by molar-refractivity contribution is 6.00. The van der Waals surface area contributed by atoms with E-state index in [1.807, 2.05) is 0 Å². The summed E-state index contributed by atoms with van der Waals surface area (Å²) in [5.41, 5.74) is 0. The zero-order valence-corrected chi connectivity index (χ0v) is 12.8. The molecule has 0 spiro atoms. The Morgan fingerprint density at radius 1 is 0.826 bits per heavy atom. The molecule has 2 heterocycles. The minimum Gasteiger partial charge on any atom is -0.376 e. The van der Waals surface area contributed by atoms with E-state index in [-0.39, 0.29) is 32.2 Å². The van der Waals surface area contributed by atoms with Gasteiger partial charge >= 0.3 is 0 Å². The number of hydrogen-bond donors (Lipinski definition) is 2. The fourth-order valence-corrected chi connectivity index (χ4v) is 2.71. The summed E-state index contributed by atoms with van der Waals surface area (Å²) in [5.74, 6) is -1.91. The van der Waals surface area contributed by atoms with Crippen LogP contribution in [-0.2, 0) is 19.2 Å². The minimum absolute atomic E-state index is 0.00482. The first-order valence-electron chi connectivity index (χ1n) is 7.21. The number of hydrogen-bond acceptors (Lipinski definition) is 8. The molecular weight excluding hydrogens is 308 g/mol. The van der Waals surface area contributed by atoms with E-state index in [0.717, 1.165) is 9.80 Å². The van der Waals surface area contributed by atoms with Gasteiger partial charge in [0.2, 0.25) is 23.6 Å². The summed E-state index contributed by atoms with van der Waals surface area (Å²) in [6.07, 6.45) is 0. The highest BCUT2D eigenvalue weighted by Crippen LogP contribution is 2.12. The number of aliphatic hydroxyl groups is 2. The van der Waals surface area contributed by atoms with Gasteiger partial charge < -0.3 is 10.2 Å². The second kappa shape index (κ2) is 7.13. The largest absolute Gasteiger partial charge is 0.376 e. The summed E-state index contributed by atoms with van der Waals surface area (Å²) in [6, 6.07) is -0.231. The van der Waals surface area contributed by atoms with Gasteiger partial charge in [-0.3, -0.25) is 38.8 Å². The van der Waals surface area contributed by atoms with Crippen LogP contribution in [0.3, 0.4) is 0 Å². The molecule has 0 saturated carbocycles. The molecule has 0 radical (unpaired) electrons. The lowest BCUT2D eigenvalue weighted by molar-refractivity contribution is -0.160. The van der Waals surface area contributed by atoms with Crippen LogP contribution in [0.25, 0.3) is 0 Å². The number of carbonyl (C=O) groups excluding carboxylic acids is 4. The molecule has 2 N–H and O–H groups in total. The Balaban J connectivity index is 1.94. The Morgan fingerprint density at radius 3 is 1.61 bits per heavy atom. The zero-order valence-electron chi connectivity index (χ0n) is 12.8. The number of rotatable bonds is 5. The maximum atomic E-state index is 11.8. The molecule has 2 rings (SSSR count). The predicted molar refractivity (Wildman–Crippen MR) is 75.4 cm³/mol. The fourth-order valence-electron chi connectivity index (χ4n) is 2.71. The van der Waals surface area contributed by atoms with Crippen molar-refractivity contribution in [1.82, 2.24) is 19.6 Å². The van der Waals surface area contributed by atoms with Gasteiger partial charge in [0.15, 0.2) is 0 Å². The number of imide groups is 2. The average Bonchev–Trinajstić information content (AvgIpc) is 2.46. The minimum atomic E-state index is -0.633. The predicted octanol–water partition coefficient (Wildman–Crippen LogP) is -3.38. The summed E-state index contributed by atoms with van der Waals surface area (Å²) >= 11 is 0. The van der Waals surface area contributed by atoms with Gasteiger partial charge in [0, 0.05) is 12.6 Å². The van der Waals surface area contributed by atoms with Crippen LogP contribution >= 0.6 is 0 Å². The van der Waals surface area contributed by atoms with Crippen molar-refractivity contribution < 1.29 is 29.4 Å². The third-order valence-electron chi connectivity index (χ3n) is 4.03. The number of piperazine rings is 2. The molecule has 1 unspecified atom stereocenters. The molecule has 4 amide bonds. The van der Waals surface area contributed by atoms with E-state index in [2.05, 4.69) is 0 Å². The van der Waals surface area contributed by atoms with E-state index in [9.17, 15) is 19.2 Å². The highest BCUT2D eigenvalue weighted by Gasteiger charge is 2.35. The van der Waals surface area contributed by atoms with Crippen LogP contribution in [0, 0.1) is 0 Å². The summed E-state index contributed by atoms with van der Waals surface area (Å²) < 4.78 is 0. The first kappa shape index (κ1) is 17.5. The van der Waals surface area contributed by atoms with Gasteiger partial charge in [0.1, 0.15) is 13.5 Å². The summed E-state index contributed by atoms with van der Waals surface area (Å²) in [6.45, 7) is 0.834. The molecule has 2 fully saturated rings. The maximum absolute atomic E-state index is 11.8. The van der Waals surface area contributed by atoms with Gasteiger partial charge in [-0.25, -0.2) is 0 Å². The van der Waals surface area contributed by atoms with E-state index in [1.165, 1.54) is 0 Å². The Hall–Kier alpha value is -1.88. The van der Waals surface area contributed by atoms with E-state index >= 15 is 0 Å². The second-order valence-corrected chi connectivity index (χ2v) is 5.64. The smallest absolute Gasteiger partial charge is 0.245 e. The van der Waals surface area contributed by atoms with Gasteiger partial charge in [-0.05, 0) is 6.92 Å². The first-order valence-corrected chi connectivity index (χ1v) is 7.21. The normalized spacial score (nSPS) is 22.9. The summed E-state index contributed by atoms with van der Waals surface area (Å²) in [7, 11) is 0. The van der Waals surface area contributed by atoms with Gasteiger partial charge in [-0.2, -0.15) is 0 Å². The molecule has 23 heavy (non-hydrogen) atoms. The molecule has 1 atom stereocenters. The standard InChI is InChI=1S/C13H20N4O6/c1-9(15-5-12(22)17(8-19)13(23)6-15)2-14-3-10(20)16(7-18)11(21)4-14/h9,18-19H,2-8H2,1H3. The monoisotopic (exact) mass is 328 g/mol. The van der Waals surface area contributed by atoms with Crippen LogP contribution in [0.2, 0.25) is 0 Å². The lowest BCUT2D eigenvalue weighted by Gasteiger charge is -2.38. The third-order valence-corrected chi connectivity index (χ3v) is 4.03. The van der Waals surface area contributed by atoms with Gasteiger partial charge in [-0.15, -0.1) is 0 Å². The van der Waals surface area contributed by atoms with Crippen LogP contribution < -0.4 is 0 Å². The molecule has 2 aliphatic heterocycles. The van der Waals surface area contributed by atoms with Crippen LogP contribution in [0.15, 0.2) is 0 Å². The molecule has 10 nitrogen and oxygen atoms in total. The van der Waals surface area contributed by atoms with Crippen LogP contribution in [0.5, 0.6) is 0 Å². The fraction of sp³-hybridized carbons (Fsp3) is 0.692. The quantitative estimate of drug-likeness (QED) is 0.501. The van der Waals surface area contributed by atoms with Gasteiger partial charge in [0.05, 0.1) is 26.2 Å². The van der Waals surface area contributed by atoms with E-state index in [0.29, 0.717) is 6.54 Å². The van der Waals surface area contributed by atoms with Gasteiger partial charge in [0.25, 0.3) is 0 Å². The SMILES string of the molecule is CC(CN1CC(=O)N(CO)C(=O)C1)N1CC(=O)N(CO)C(=O)C1. The van der Waals surface area contributed by atoms with Crippen LogP contribution in [0.4, 0.5) is 0 Å². The van der Waals surface area contributed by atoms with Crippen molar-refractivity contribution in [2.45, 2.75) is 13.0 Å². The number of nitrogens with zero attached hydrogens (tertiary/aromatic N) is 4. The first-order chi connectivity index (χ1) is 10.9. The van der Waals surface area contributed by atoms with Crippen molar-refractivity contribution in [2.24, 2.45) is 0 Å². The number of aliphatic hydroxyl groups excluding tert-OH is 2.